The fourth-order valence-electron chi connectivity index (χ4n) is 2.08. The topological polar surface area (TPSA) is 54.0 Å². The molecule has 0 bridgehead atoms. The van der Waals surface area contributed by atoms with Gasteiger partial charge in [0.1, 0.15) is 5.69 Å². The minimum absolute atomic E-state index is 0.146. The molecule has 0 aliphatic heterocycles. The Morgan fingerprint density at radius 3 is 2.91 bits per heavy atom. The summed E-state index contributed by atoms with van der Waals surface area (Å²) in [6.45, 7) is 8.10. The maximum atomic E-state index is 12.3. The Labute approximate surface area is 136 Å². The quantitative estimate of drug-likeness (QED) is 0.818. The molecule has 0 radical (unpaired) electrons. The Hall–Kier alpha value is -1.72. The molecule has 1 heterocycles. The third kappa shape index (κ3) is 4.93. The molecule has 1 aromatic heterocycles. The van der Waals surface area contributed by atoms with Crippen molar-refractivity contribution in [1.82, 2.24) is 10.3 Å². The van der Waals surface area contributed by atoms with Crippen LogP contribution in [-0.2, 0) is 13.0 Å². The molecule has 2 aromatic rings. The number of carbonyl (C=O) groups is 1. The predicted molar refractivity (Wildman–Crippen MR) is 92.4 cm³/mol. The lowest BCUT2D eigenvalue weighted by Gasteiger charge is -2.07. The van der Waals surface area contributed by atoms with E-state index in [1.54, 1.807) is 11.3 Å². The Bertz CT molecular complexity index is 622. The van der Waals surface area contributed by atoms with Crippen molar-refractivity contribution in [3.8, 4) is 0 Å². The number of nitrogens with zero attached hydrogens (tertiary/aromatic N) is 1. The SMILES string of the molecule is CCNCc1cccc(NC(=O)c2csc(CC(C)C)n2)c1. The highest BCUT2D eigenvalue weighted by molar-refractivity contribution is 7.09. The number of aromatic nitrogens is 1. The second-order valence-electron chi connectivity index (χ2n) is 5.66. The fourth-order valence-corrected chi connectivity index (χ4v) is 3.07. The summed E-state index contributed by atoms with van der Waals surface area (Å²) < 4.78 is 0. The summed E-state index contributed by atoms with van der Waals surface area (Å²) in [4.78, 5) is 16.7. The molecule has 22 heavy (non-hydrogen) atoms. The van der Waals surface area contributed by atoms with Gasteiger partial charge in [-0.05, 0) is 30.2 Å². The van der Waals surface area contributed by atoms with Crippen LogP contribution in [0.15, 0.2) is 29.6 Å². The van der Waals surface area contributed by atoms with Crippen LogP contribution in [0.5, 0.6) is 0 Å². The van der Waals surface area contributed by atoms with Gasteiger partial charge in [-0.2, -0.15) is 0 Å². The van der Waals surface area contributed by atoms with Gasteiger partial charge in [0.05, 0.1) is 5.01 Å². The molecule has 1 amide bonds. The molecule has 0 saturated heterocycles. The average molecular weight is 317 g/mol. The van der Waals surface area contributed by atoms with E-state index in [0.29, 0.717) is 11.6 Å². The summed E-state index contributed by atoms with van der Waals surface area (Å²) in [7, 11) is 0. The van der Waals surface area contributed by atoms with Crippen LogP contribution in [0.25, 0.3) is 0 Å². The molecule has 0 fully saturated rings. The van der Waals surface area contributed by atoms with E-state index in [0.717, 1.165) is 35.8 Å². The molecule has 0 spiro atoms. The fraction of sp³-hybridized carbons (Fsp3) is 0.412. The lowest BCUT2D eigenvalue weighted by Crippen LogP contribution is -2.14. The van der Waals surface area contributed by atoms with Crippen molar-refractivity contribution in [3.63, 3.8) is 0 Å². The number of benzene rings is 1. The highest BCUT2D eigenvalue weighted by Crippen LogP contribution is 2.16. The van der Waals surface area contributed by atoms with Crippen molar-refractivity contribution >= 4 is 22.9 Å². The van der Waals surface area contributed by atoms with Crippen molar-refractivity contribution in [3.05, 3.63) is 45.9 Å². The van der Waals surface area contributed by atoms with Gasteiger partial charge >= 0.3 is 0 Å². The Balaban J connectivity index is 2.00. The number of thiazole rings is 1. The number of carbonyl (C=O) groups excluding carboxylic acids is 1. The predicted octanol–water partition coefficient (Wildman–Crippen LogP) is 3.70. The zero-order valence-corrected chi connectivity index (χ0v) is 14.2. The van der Waals surface area contributed by atoms with Crippen LogP contribution in [0.2, 0.25) is 0 Å². The molecule has 0 saturated carbocycles. The molecule has 1 aromatic carbocycles. The van der Waals surface area contributed by atoms with Gasteiger partial charge in [-0.1, -0.05) is 32.9 Å². The number of rotatable bonds is 7. The zero-order chi connectivity index (χ0) is 15.9. The van der Waals surface area contributed by atoms with E-state index in [4.69, 9.17) is 0 Å². The highest BCUT2D eigenvalue weighted by Gasteiger charge is 2.12. The number of anilines is 1. The van der Waals surface area contributed by atoms with Crippen LogP contribution in [0, 0.1) is 5.92 Å². The van der Waals surface area contributed by atoms with Gasteiger partial charge in [0.25, 0.3) is 5.91 Å². The van der Waals surface area contributed by atoms with E-state index in [1.807, 2.05) is 29.6 Å². The Kier molecular flexibility index (Phi) is 6.10. The molecule has 2 rings (SSSR count). The van der Waals surface area contributed by atoms with Crippen molar-refractivity contribution < 1.29 is 4.79 Å². The van der Waals surface area contributed by atoms with E-state index in [9.17, 15) is 4.79 Å². The molecule has 0 aliphatic rings. The molecular formula is C17H23N3OS. The standard InChI is InChI=1S/C17H23N3OS/c1-4-18-10-13-6-5-7-14(9-13)19-17(21)15-11-22-16(20-15)8-12(2)3/h5-7,9,11-12,18H,4,8,10H2,1-3H3,(H,19,21). The third-order valence-electron chi connectivity index (χ3n) is 3.13. The van der Waals surface area contributed by atoms with Gasteiger partial charge in [-0.25, -0.2) is 4.98 Å². The first-order chi connectivity index (χ1) is 10.6. The van der Waals surface area contributed by atoms with E-state index in [1.165, 1.54) is 0 Å². The van der Waals surface area contributed by atoms with Gasteiger partial charge in [0, 0.05) is 24.0 Å². The number of nitrogens with one attached hydrogen (secondary N) is 2. The zero-order valence-electron chi connectivity index (χ0n) is 13.3. The first-order valence-corrected chi connectivity index (χ1v) is 8.52. The normalized spacial score (nSPS) is 10.9. The van der Waals surface area contributed by atoms with Crippen molar-refractivity contribution in [1.29, 1.82) is 0 Å². The smallest absolute Gasteiger partial charge is 0.275 e. The van der Waals surface area contributed by atoms with E-state index >= 15 is 0 Å². The molecular weight excluding hydrogens is 294 g/mol. The Morgan fingerprint density at radius 2 is 2.18 bits per heavy atom. The maximum Gasteiger partial charge on any atom is 0.275 e. The lowest BCUT2D eigenvalue weighted by atomic mass is 10.1. The lowest BCUT2D eigenvalue weighted by molar-refractivity contribution is 0.102. The summed E-state index contributed by atoms with van der Waals surface area (Å²) in [5, 5.41) is 9.04. The van der Waals surface area contributed by atoms with Crippen LogP contribution >= 0.6 is 11.3 Å². The molecule has 0 atom stereocenters. The van der Waals surface area contributed by atoms with Gasteiger partial charge in [0.15, 0.2) is 0 Å². The molecule has 118 valence electrons. The molecule has 4 nitrogen and oxygen atoms in total. The highest BCUT2D eigenvalue weighted by atomic mass is 32.1. The largest absolute Gasteiger partial charge is 0.321 e. The minimum Gasteiger partial charge on any atom is -0.321 e. The number of amides is 1. The molecule has 2 N–H and O–H groups in total. The summed E-state index contributed by atoms with van der Waals surface area (Å²) in [5.41, 5.74) is 2.45. The van der Waals surface area contributed by atoms with Crippen LogP contribution in [0.1, 0.15) is 41.8 Å². The average Bonchev–Trinajstić information content (AvgIpc) is 2.93. The Morgan fingerprint density at radius 1 is 1.36 bits per heavy atom. The van der Waals surface area contributed by atoms with Crippen molar-refractivity contribution in [2.75, 3.05) is 11.9 Å². The van der Waals surface area contributed by atoms with Crippen LogP contribution in [0.4, 0.5) is 5.69 Å². The second kappa shape index (κ2) is 8.06. The van der Waals surface area contributed by atoms with Crippen molar-refractivity contribution in [2.24, 2.45) is 5.92 Å². The van der Waals surface area contributed by atoms with Gasteiger partial charge < -0.3 is 10.6 Å². The number of hydrogen-bond acceptors (Lipinski definition) is 4. The van der Waals surface area contributed by atoms with E-state index in [2.05, 4.69) is 36.4 Å². The second-order valence-corrected chi connectivity index (χ2v) is 6.60. The van der Waals surface area contributed by atoms with Crippen molar-refractivity contribution in [2.45, 2.75) is 33.7 Å². The first kappa shape index (κ1) is 16.6. The minimum atomic E-state index is -0.146. The molecule has 0 unspecified atom stereocenters. The van der Waals surface area contributed by atoms with Crippen LogP contribution in [-0.4, -0.2) is 17.4 Å². The van der Waals surface area contributed by atoms with E-state index < -0.39 is 0 Å². The number of hydrogen-bond donors (Lipinski definition) is 2. The first-order valence-electron chi connectivity index (χ1n) is 7.64. The molecule has 5 heteroatoms. The summed E-state index contributed by atoms with van der Waals surface area (Å²) >= 11 is 1.55. The molecule has 0 aliphatic carbocycles. The maximum absolute atomic E-state index is 12.3. The van der Waals surface area contributed by atoms with Gasteiger partial charge in [-0.15, -0.1) is 11.3 Å². The van der Waals surface area contributed by atoms with E-state index in [-0.39, 0.29) is 5.91 Å². The monoisotopic (exact) mass is 317 g/mol. The van der Waals surface area contributed by atoms with Crippen LogP contribution in [0.3, 0.4) is 0 Å². The summed E-state index contributed by atoms with van der Waals surface area (Å²) in [5.74, 6) is 0.400. The van der Waals surface area contributed by atoms with Crippen LogP contribution < -0.4 is 10.6 Å². The summed E-state index contributed by atoms with van der Waals surface area (Å²) in [6, 6.07) is 7.88. The van der Waals surface area contributed by atoms with Gasteiger partial charge in [-0.3, -0.25) is 4.79 Å². The van der Waals surface area contributed by atoms with Gasteiger partial charge in [0.2, 0.25) is 0 Å². The third-order valence-corrected chi connectivity index (χ3v) is 4.00. The summed E-state index contributed by atoms with van der Waals surface area (Å²) in [6.07, 6.45) is 0.913.